The van der Waals surface area contributed by atoms with Crippen LogP contribution in [0.3, 0.4) is 0 Å². The Kier molecular flexibility index (Phi) is 4.11. The van der Waals surface area contributed by atoms with Crippen molar-refractivity contribution in [3.8, 4) is 11.8 Å². The van der Waals surface area contributed by atoms with Crippen molar-refractivity contribution in [2.75, 3.05) is 0 Å². The van der Waals surface area contributed by atoms with E-state index in [9.17, 15) is 9.18 Å². The average Bonchev–Trinajstić information content (AvgIpc) is 2.61. The predicted octanol–water partition coefficient (Wildman–Crippen LogP) is 4.22. The summed E-state index contributed by atoms with van der Waals surface area (Å²) < 4.78 is 15.8. The third-order valence-corrected chi connectivity index (χ3v) is 5.11. The monoisotopic (exact) mass is 360 g/mol. The molecular weight excluding hydrogens is 339 g/mol. The second-order valence-corrected chi connectivity index (χ2v) is 8.05. The molecule has 0 amide bonds. The van der Waals surface area contributed by atoms with Gasteiger partial charge in [0.15, 0.2) is 0 Å². The molecule has 136 valence electrons. The van der Waals surface area contributed by atoms with Crippen LogP contribution < -0.4 is 5.56 Å². The molecule has 0 spiro atoms. The zero-order chi connectivity index (χ0) is 19.2. The maximum Gasteiger partial charge on any atom is 0.261 e. The van der Waals surface area contributed by atoms with Crippen LogP contribution in [0.4, 0.5) is 4.39 Å². The predicted molar refractivity (Wildman–Crippen MR) is 105 cm³/mol. The summed E-state index contributed by atoms with van der Waals surface area (Å²) in [6.45, 7) is 6.89. The van der Waals surface area contributed by atoms with Crippen molar-refractivity contribution in [2.24, 2.45) is 5.41 Å². The number of hydrogen-bond acceptors (Lipinski definition) is 2. The number of rotatable bonds is 0. The summed E-state index contributed by atoms with van der Waals surface area (Å²) in [4.78, 5) is 17.6. The van der Waals surface area contributed by atoms with E-state index in [1.165, 1.54) is 6.07 Å². The van der Waals surface area contributed by atoms with E-state index in [4.69, 9.17) is 4.98 Å². The van der Waals surface area contributed by atoms with E-state index >= 15 is 0 Å². The zero-order valence-corrected chi connectivity index (χ0v) is 15.8. The molecule has 27 heavy (non-hydrogen) atoms. The van der Waals surface area contributed by atoms with Gasteiger partial charge in [0.25, 0.3) is 5.56 Å². The number of halogens is 1. The number of aromatic nitrogens is 2. The second-order valence-electron chi connectivity index (χ2n) is 8.05. The molecule has 0 N–H and O–H groups in total. The third kappa shape index (κ3) is 3.38. The number of aryl methyl sites for hydroxylation is 2. The van der Waals surface area contributed by atoms with E-state index in [2.05, 4.69) is 25.7 Å². The lowest BCUT2D eigenvalue weighted by molar-refractivity contribution is 0.240. The maximum absolute atomic E-state index is 14.0. The lowest BCUT2D eigenvalue weighted by Crippen LogP contribution is -2.36. The van der Waals surface area contributed by atoms with Crippen molar-refractivity contribution in [3.63, 3.8) is 0 Å². The summed E-state index contributed by atoms with van der Waals surface area (Å²) in [7, 11) is 0. The smallest absolute Gasteiger partial charge is 0.261 e. The molecule has 0 bridgehead atoms. The van der Waals surface area contributed by atoms with Crippen LogP contribution in [0.15, 0.2) is 41.2 Å². The topological polar surface area (TPSA) is 34.9 Å². The largest absolute Gasteiger partial charge is 0.296 e. The number of fused-ring (bicyclic) bond motifs is 2. The third-order valence-electron chi connectivity index (χ3n) is 5.11. The first kappa shape index (κ1) is 17.5. The fourth-order valence-electron chi connectivity index (χ4n) is 3.52. The first-order valence-electron chi connectivity index (χ1n) is 9.14. The fraction of sp³-hybridized carbons (Fsp3) is 0.304. The summed E-state index contributed by atoms with van der Waals surface area (Å²) in [6, 6.07) is 10.4. The summed E-state index contributed by atoms with van der Waals surface area (Å²) >= 11 is 0. The van der Waals surface area contributed by atoms with E-state index in [0.29, 0.717) is 23.0 Å². The standard InChI is InChI=1S/C23H21FN2O/c1-15-4-7-17(19(24)12-15)8-5-16-6-9-18-20(13-16)25-21-10-11-23(2,3)14-26(21)22(18)27/h4,6-7,9,12-13H,10-11,14H2,1-3H3. The average molecular weight is 360 g/mol. The molecule has 0 saturated heterocycles. The first-order valence-corrected chi connectivity index (χ1v) is 9.14. The SMILES string of the molecule is Cc1ccc(C#Cc2ccc3c(=O)n4c(nc3c2)CCC(C)(C)C4)c(F)c1. The molecule has 2 aromatic carbocycles. The molecule has 3 nitrogen and oxygen atoms in total. The van der Waals surface area contributed by atoms with Crippen molar-refractivity contribution in [2.45, 2.75) is 40.2 Å². The number of hydrogen-bond donors (Lipinski definition) is 0. The van der Waals surface area contributed by atoms with Gasteiger partial charge in [-0.2, -0.15) is 0 Å². The molecule has 0 atom stereocenters. The Morgan fingerprint density at radius 3 is 2.74 bits per heavy atom. The van der Waals surface area contributed by atoms with E-state index in [1.807, 2.05) is 19.1 Å². The Balaban J connectivity index is 1.76. The van der Waals surface area contributed by atoms with Crippen molar-refractivity contribution in [1.29, 1.82) is 0 Å². The first-order chi connectivity index (χ1) is 12.8. The van der Waals surface area contributed by atoms with Crippen LogP contribution in [0, 0.1) is 30.0 Å². The molecule has 0 fully saturated rings. The molecule has 2 heterocycles. The van der Waals surface area contributed by atoms with Gasteiger partial charge in [0, 0.05) is 18.5 Å². The molecule has 1 aliphatic rings. The van der Waals surface area contributed by atoms with Crippen LogP contribution in [0.2, 0.25) is 0 Å². The lowest BCUT2D eigenvalue weighted by Gasteiger charge is -2.31. The number of benzene rings is 2. The quantitative estimate of drug-likeness (QED) is 0.563. The summed E-state index contributed by atoms with van der Waals surface area (Å²) in [5, 5.41) is 0.600. The van der Waals surface area contributed by atoms with Crippen LogP contribution in [0.5, 0.6) is 0 Å². The van der Waals surface area contributed by atoms with Gasteiger partial charge in [-0.15, -0.1) is 0 Å². The van der Waals surface area contributed by atoms with Crippen molar-refractivity contribution in [3.05, 3.63) is 75.1 Å². The van der Waals surface area contributed by atoms with Crippen molar-refractivity contribution in [1.82, 2.24) is 9.55 Å². The highest BCUT2D eigenvalue weighted by Gasteiger charge is 2.27. The van der Waals surface area contributed by atoms with Crippen LogP contribution in [-0.2, 0) is 13.0 Å². The maximum atomic E-state index is 14.0. The number of nitrogens with zero attached hydrogens (tertiary/aromatic N) is 2. The van der Waals surface area contributed by atoms with Gasteiger partial charge in [-0.25, -0.2) is 9.37 Å². The molecule has 4 heteroatoms. The van der Waals surface area contributed by atoms with Crippen LogP contribution >= 0.6 is 0 Å². The van der Waals surface area contributed by atoms with Crippen LogP contribution in [0.1, 0.15) is 42.8 Å². The van der Waals surface area contributed by atoms with E-state index in [1.54, 1.807) is 22.8 Å². The Hall–Kier alpha value is -2.93. The Morgan fingerprint density at radius 1 is 1.15 bits per heavy atom. The molecule has 3 aromatic rings. The van der Waals surface area contributed by atoms with Gasteiger partial charge in [0.05, 0.1) is 16.5 Å². The minimum absolute atomic E-state index is 0.00635. The molecule has 0 unspecified atom stereocenters. The van der Waals surface area contributed by atoms with Gasteiger partial charge < -0.3 is 0 Å². The van der Waals surface area contributed by atoms with E-state index in [-0.39, 0.29) is 16.8 Å². The van der Waals surface area contributed by atoms with E-state index < -0.39 is 0 Å². The van der Waals surface area contributed by atoms with Gasteiger partial charge in [0.1, 0.15) is 11.6 Å². The van der Waals surface area contributed by atoms with Gasteiger partial charge in [-0.3, -0.25) is 9.36 Å². The highest BCUT2D eigenvalue weighted by Crippen LogP contribution is 2.29. The molecule has 0 saturated carbocycles. The highest BCUT2D eigenvalue weighted by molar-refractivity contribution is 5.79. The lowest BCUT2D eigenvalue weighted by atomic mass is 9.85. The highest BCUT2D eigenvalue weighted by atomic mass is 19.1. The Morgan fingerprint density at radius 2 is 1.96 bits per heavy atom. The van der Waals surface area contributed by atoms with Crippen LogP contribution in [-0.4, -0.2) is 9.55 Å². The summed E-state index contributed by atoms with van der Waals surface area (Å²) in [6.07, 6.45) is 1.81. The molecular formula is C23H21FN2O. The molecule has 0 radical (unpaired) electrons. The van der Waals surface area contributed by atoms with Gasteiger partial charge >= 0.3 is 0 Å². The van der Waals surface area contributed by atoms with Crippen molar-refractivity contribution >= 4 is 10.9 Å². The summed E-state index contributed by atoms with van der Waals surface area (Å²) in [5.41, 5.74) is 2.71. The zero-order valence-electron chi connectivity index (χ0n) is 15.8. The molecule has 0 aliphatic carbocycles. The Bertz CT molecular complexity index is 1180. The fourth-order valence-corrected chi connectivity index (χ4v) is 3.52. The molecule has 1 aromatic heterocycles. The minimum Gasteiger partial charge on any atom is -0.296 e. The van der Waals surface area contributed by atoms with Gasteiger partial charge in [0.2, 0.25) is 0 Å². The van der Waals surface area contributed by atoms with Gasteiger partial charge in [-0.05, 0) is 54.7 Å². The molecule has 1 aliphatic heterocycles. The van der Waals surface area contributed by atoms with Gasteiger partial charge in [-0.1, -0.05) is 31.8 Å². The second kappa shape index (κ2) is 6.35. The summed E-state index contributed by atoms with van der Waals surface area (Å²) in [5.74, 6) is 6.37. The minimum atomic E-state index is -0.323. The Labute approximate surface area is 157 Å². The van der Waals surface area contributed by atoms with Crippen molar-refractivity contribution < 1.29 is 4.39 Å². The molecule has 4 rings (SSSR count). The normalized spacial score (nSPS) is 15.1. The van der Waals surface area contributed by atoms with E-state index in [0.717, 1.165) is 29.8 Å². The van der Waals surface area contributed by atoms with Crippen LogP contribution in [0.25, 0.3) is 10.9 Å².